The summed E-state index contributed by atoms with van der Waals surface area (Å²) < 4.78 is 0. The van der Waals surface area contributed by atoms with Crippen molar-refractivity contribution in [2.24, 2.45) is 40.4 Å². The third-order valence-electron chi connectivity index (χ3n) is 9.02. The first kappa shape index (κ1) is 15.2. The predicted molar refractivity (Wildman–Crippen MR) is 90.5 cm³/mol. The van der Waals surface area contributed by atoms with Gasteiger partial charge in [-0.15, -0.1) is 0 Å². The lowest BCUT2D eigenvalue weighted by atomic mass is 9.44. The van der Waals surface area contributed by atoms with E-state index in [1.54, 1.807) is 0 Å². The molecule has 0 aromatic rings. The second-order valence-electron chi connectivity index (χ2n) is 9.82. The van der Waals surface area contributed by atoms with E-state index >= 15 is 0 Å². The van der Waals surface area contributed by atoms with Gasteiger partial charge in [0.25, 0.3) is 0 Å². The zero-order valence-corrected chi connectivity index (χ0v) is 14.9. The van der Waals surface area contributed by atoms with Crippen LogP contribution in [0.15, 0.2) is 0 Å². The molecule has 0 N–H and O–H groups in total. The molecule has 1 heteroatoms. The van der Waals surface area contributed by atoms with E-state index in [1.807, 2.05) is 6.92 Å². The van der Waals surface area contributed by atoms with Gasteiger partial charge in [-0.1, -0.05) is 20.3 Å². The highest BCUT2D eigenvalue weighted by Gasteiger charge is 2.57. The monoisotopic (exact) mass is 302 g/mol. The molecule has 0 spiro atoms. The van der Waals surface area contributed by atoms with Crippen LogP contribution in [0.3, 0.4) is 0 Å². The van der Waals surface area contributed by atoms with Crippen LogP contribution in [0, 0.1) is 40.4 Å². The van der Waals surface area contributed by atoms with Crippen LogP contribution in [0.25, 0.3) is 0 Å². The van der Waals surface area contributed by atoms with Crippen LogP contribution in [0.4, 0.5) is 0 Å². The average Bonchev–Trinajstić information content (AvgIpc) is 2.88. The molecule has 7 atom stereocenters. The van der Waals surface area contributed by atoms with Crippen LogP contribution in [-0.2, 0) is 4.79 Å². The van der Waals surface area contributed by atoms with Gasteiger partial charge >= 0.3 is 0 Å². The van der Waals surface area contributed by atoms with E-state index in [0.717, 1.165) is 23.7 Å². The van der Waals surface area contributed by atoms with Gasteiger partial charge in [-0.25, -0.2) is 0 Å². The standard InChI is InChI=1S/C21H34O/c1-14(22)15-8-12-21(3)16(13-15)6-7-17-18-5-4-10-20(18,2)11-9-19(17)21/h15-19H,4-13H2,1-3H3/t15-,16-,17+,18-,19+,20-,21-/m1/s1. The summed E-state index contributed by atoms with van der Waals surface area (Å²) in [6.07, 6.45) is 14.0. The van der Waals surface area contributed by atoms with Crippen molar-refractivity contribution in [1.82, 2.24) is 0 Å². The highest BCUT2D eigenvalue weighted by molar-refractivity contribution is 5.78. The van der Waals surface area contributed by atoms with Crippen LogP contribution in [0.5, 0.6) is 0 Å². The molecule has 0 heterocycles. The van der Waals surface area contributed by atoms with Gasteiger partial charge in [-0.2, -0.15) is 0 Å². The van der Waals surface area contributed by atoms with E-state index in [0.29, 0.717) is 22.5 Å². The van der Waals surface area contributed by atoms with Crippen molar-refractivity contribution >= 4 is 5.78 Å². The zero-order chi connectivity index (χ0) is 15.5. The molecule has 0 aromatic carbocycles. The quantitative estimate of drug-likeness (QED) is 0.614. The predicted octanol–water partition coefficient (Wildman–Crippen LogP) is 5.62. The molecule has 4 aliphatic carbocycles. The molecule has 1 nitrogen and oxygen atoms in total. The van der Waals surface area contributed by atoms with Gasteiger partial charge in [0.05, 0.1) is 0 Å². The third kappa shape index (κ3) is 2.06. The van der Waals surface area contributed by atoms with Crippen molar-refractivity contribution in [1.29, 1.82) is 0 Å². The van der Waals surface area contributed by atoms with E-state index in [2.05, 4.69) is 13.8 Å². The fourth-order valence-electron chi connectivity index (χ4n) is 7.62. The number of hydrogen-bond acceptors (Lipinski definition) is 1. The van der Waals surface area contributed by atoms with E-state index in [9.17, 15) is 4.79 Å². The Bertz CT molecular complexity index is 469. The lowest BCUT2D eigenvalue weighted by molar-refractivity contribution is -0.133. The average molecular weight is 303 g/mol. The molecule has 22 heavy (non-hydrogen) atoms. The maximum Gasteiger partial charge on any atom is 0.132 e. The Hall–Kier alpha value is -0.330. The first-order valence-electron chi connectivity index (χ1n) is 9.94. The third-order valence-corrected chi connectivity index (χ3v) is 9.02. The number of carbonyl (C=O) groups is 1. The van der Waals surface area contributed by atoms with Gasteiger partial charge in [0.15, 0.2) is 0 Å². The minimum absolute atomic E-state index is 0.384. The first-order valence-corrected chi connectivity index (χ1v) is 9.94. The van der Waals surface area contributed by atoms with E-state index in [4.69, 9.17) is 0 Å². The molecule has 4 fully saturated rings. The SMILES string of the molecule is CC(=O)[C@@H]1CC[C@]2(C)[C@H](CC[C@H]3[C@H]4CCC[C@]4(C)CC[C@@H]32)C1. The van der Waals surface area contributed by atoms with Gasteiger partial charge in [-0.3, -0.25) is 4.79 Å². The highest BCUT2D eigenvalue weighted by atomic mass is 16.1. The molecule has 4 aliphatic rings. The molecule has 4 rings (SSSR count). The second-order valence-corrected chi connectivity index (χ2v) is 9.82. The van der Waals surface area contributed by atoms with Crippen molar-refractivity contribution in [3.8, 4) is 0 Å². The van der Waals surface area contributed by atoms with Gasteiger partial charge in [-0.05, 0) is 99.2 Å². The minimum Gasteiger partial charge on any atom is -0.300 e. The molecule has 0 saturated heterocycles. The molecule has 0 aromatic heterocycles. The number of fused-ring (bicyclic) bond motifs is 5. The topological polar surface area (TPSA) is 17.1 Å². The van der Waals surface area contributed by atoms with Gasteiger partial charge in [0.2, 0.25) is 0 Å². The fraction of sp³-hybridized carbons (Fsp3) is 0.952. The number of Topliss-reactive ketones (excluding diaryl/α,β-unsaturated/α-hetero) is 1. The zero-order valence-electron chi connectivity index (χ0n) is 14.9. The number of ketones is 1. The normalized spacial score (nSPS) is 54.2. The summed E-state index contributed by atoms with van der Waals surface area (Å²) in [6, 6.07) is 0. The molecule has 0 amide bonds. The summed E-state index contributed by atoms with van der Waals surface area (Å²) in [5.74, 6) is 4.68. The van der Waals surface area contributed by atoms with Crippen molar-refractivity contribution < 1.29 is 4.79 Å². The van der Waals surface area contributed by atoms with Crippen LogP contribution in [-0.4, -0.2) is 5.78 Å². The van der Waals surface area contributed by atoms with Crippen molar-refractivity contribution in [2.75, 3.05) is 0 Å². The highest BCUT2D eigenvalue weighted by Crippen LogP contribution is 2.66. The van der Waals surface area contributed by atoms with Crippen molar-refractivity contribution in [3.63, 3.8) is 0 Å². The summed E-state index contributed by atoms with van der Waals surface area (Å²) in [6.45, 7) is 7.04. The first-order chi connectivity index (χ1) is 10.4. The van der Waals surface area contributed by atoms with E-state index in [1.165, 1.54) is 64.2 Å². The smallest absolute Gasteiger partial charge is 0.132 e. The Kier molecular flexibility index (Phi) is 3.51. The Morgan fingerprint density at radius 2 is 1.73 bits per heavy atom. The number of hydrogen-bond donors (Lipinski definition) is 0. The maximum absolute atomic E-state index is 11.9. The summed E-state index contributed by atoms with van der Waals surface area (Å²) in [5, 5.41) is 0. The summed E-state index contributed by atoms with van der Waals surface area (Å²) >= 11 is 0. The van der Waals surface area contributed by atoms with Gasteiger partial charge in [0, 0.05) is 5.92 Å². The van der Waals surface area contributed by atoms with Crippen molar-refractivity contribution in [2.45, 2.75) is 85.0 Å². The fourth-order valence-corrected chi connectivity index (χ4v) is 7.62. The Labute approximate surface area is 136 Å². The molecule has 0 unspecified atom stereocenters. The molecule has 0 bridgehead atoms. The Morgan fingerprint density at radius 3 is 2.50 bits per heavy atom. The summed E-state index contributed by atoms with van der Waals surface area (Å²) in [7, 11) is 0. The Balaban J connectivity index is 1.58. The van der Waals surface area contributed by atoms with Crippen LogP contribution < -0.4 is 0 Å². The molecule has 124 valence electrons. The second kappa shape index (κ2) is 5.08. The molecular formula is C21H34O. The Morgan fingerprint density at radius 1 is 0.909 bits per heavy atom. The lowest BCUT2D eigenvalue weighted by Crippen LogP contribution is -2.53. The van der Waals surface area contributed by atoms with Crippen LogP contribution in [0.2, 0.25) is 0 Å². The maximum atomic E-state index is 11.9. The van der Waals surface area contributed by atoms with Crippen LogP contribution >= 0.6 is 0 Å². The number of carbonyl (C=O) groups excluding carboxylic acids is 1. The van der Waals surface area contributed by atoms with Crippen LogP contribution in [0.1, 0.15) is 85.0 Å². The van der Waals surface area contributed by atoms with E-state index in [-0.39, 0.29) is 0 Å². The molecule has 0 radical (unpaired) electrons. The summed E-state index contributed by atoms with van der Waals surface area (Å²) in [5.41, 5.74) is 1.24. The van der Waals surface area contributed by atoms with Gasteiger partial charge in [0.1, 0.15) is 5.78 Å². The molecular weight excluding hydrogens is 268 g/mol. The van der Waals surface area contributed by atoms with E-state index < -0.39 is 0 Å². The largest absolute Gasteiger partial charge is 0.300 e. The van der Waals surface area contributed by atoms with Gasteiger partial charge < -0.3 is 0 Å². The molecule has 0 aliphatic heterocycles. The number of rotatable bonds is 1. The van der Waals surface area contributed by atoms with Crippen molar-refractivity contribution in [3.05, 3.63) is 0 Å². The minimum atomic E-state index is 0.384. The molecule has 4 saturated carbocycles. The summed E-state index contributed by atoms with van der Waals surface area (Å²) in [4.78, 5) is 11.9. The lowest BCUT2D eigenvalue weighted by Gasteiger charge is -2.60.